The number of H-pyrrole nitrogens is 1. The molecular formula is C26H30N2O2. The van der Waals surface area contributed by atoms with E-state index in [1.807, 2.05) is 55.1 Å². The van der Waals surface area contributed by atoms with Gasteiger partial charge in [-0.15, -0.1) is 0 Å². The molecule has 30 heavy (non-hydrogen) atoms. The molecule has 0 radical (unpaired) electrons. The predicted octanol–water partition coefficient (Wildman–Crippen LogP) is 5.43. The molecule has 1 aliphatic carbocycles. The Morgan fingerprint density at radius 2 is 1.63 bits per heavy atom. The number of nitrogens with zero attached hydrogens (tertiary/aromatic N) is 1. The lowest BCUT2D eigenvalue weighted by Crippen LogP contribution is -2.42. The van der Waals surface area contributed by atoms with E-state index in [0.29, 0.717) is 17.7 Å². The SMILES string of the molecule is Cc1ccc(C(=O)N(Cc2cc3cc(C)c(C)cc3[nH]c2=O)C2CCCCC2)cc1. The Bertz CT molecular complexity index is 1120. The maximum absolute atomic E-state index is 13.4. The van der Waals surface area contributed by atoms with Crippen molar-refractivity contribution in [3.05, 3.63) is 80.6 Å². The molecule has 1 aliphatic rings. The Morgan fingerprint density at radius 1 is 0.967 bits per heavy atom. The van der Waals surface area contributed by atoms with Crippen molar-refractivity contribution in [2.75, 3.05) is 0 Å². The van der Waals surface area contributed by atoms with E-state index in [0.717, 1.165) is 47.7 Å². The van der Waals surface area contributed by atoms with Gasteiger partial charge >= 0.3 is 0 Å². The first-order chi connectivity index (χ1) is 14.4. The van der Waals surface area contributed by atoms with Crippen molar-refractivity contribution in [1.82, 2.24) is 9.88 Å². The molecule has 0 atom stereocenters. The van der Waals surface area contributed by atoms with Crippen LogP contribution in [0, 0.1) is 20.8 Å². The van der Waals surface area contributed by atoms with Gasteiger partial charge < -0.3 is 9.88 Å². The van der Waals surface area contributed by atoms with Crippen molar-refractivity contribution in [1.29, 1.82) is 0 Å². The van der Waals surface area contributed by atoms with E-state index in [4.69, 9.17) is 0 Å². The summed E-state index contributed by atoms with van der Waals surface area (Å²) >= 11 is 0. The molecule has 4 heteroatoms. The minimum Gasteiger partial charge on any atom is -0.331 e. The molecule has 0 unspecified atom stereocenters. The highest BCUT2D eigenvalue weighted by Gasteiger charge is 2.27. The number of carbonyl (C=O) groups excluding carboxylic acids is 1. The molecule has 1 aromatic heterocycles. The van der Waals surface area contributed by atoms with E-state index in [2.05, 4.69) is 18.0 Å². The minimum atomic E-state index is -0.108. The van der Waals surface area contributed by atoms with E-state index >= 15 is 0 Å². The summed E-state index contributed by atoms with van der Waals surface area (Å²) in [5.41, 5.74) is 5.56. The fraction of sp³-hybridized carbons (Fsp3) is 0.385. The summed E-state index contributed by atoms with van der Waals surface area (Å²) in [7, 11) is 0. The van der Waals surface area contributed by atoms with Gasteiger partial charge in [0.2, 0.25) is 0 Å². The van der Waals surface area contributed by atoms with E-state index in [1.54, 1.807) is 0 Å². The lowest BCUT2D eigenvalue weighted by atomic mass is 9.93. The third-order valence-corrected chi connectivity index (χ3v) is 6.45. The van der Waals surface area contributed by atoms with Gasteiger partial charge in [0.1, 0.15) is 0 Å². The fourth-order valence-corrected chi connectivity index (χ4v) is 4.44. The number of hydrogen-bond acceptors (Lipinski definition) is 2. The van der Waals surface area contributed by atoms with Gasteiger partial charge in [-0.05, 0) is 80.5 Å². The van der Waals surface area contributed by atoms with Crippen LogP contribution in [0.4, 0.5) is 0 Å². The number of fused-ring (bicyclic) bond motifs is 1. The number of carbonyl (C=O) groups is 1. The summed E-state index contributed by atoms with van der Waals surface area (Å²) in [6, 6.07) is 14.0. The number of pyridine rings is 1. The van der Waals surface area contributed by atoms with Gasteiger partial charge in [-0.3, -0.25) is 9.59 Å². The van der Waals surface area contributed by atoms with Gasteiger partial charge in [0.25, 0.3) is 11.5 Å². The molecule has 0 aliphatic heterocycles. The Kier molecular flexibility index (Phi) is 5.76. The summed E-state index contributed by atoms with van der Waals surface area (Å²) in [4.78, 5) is 31.3. The van der Waals surface area contributed by atoms with Crippen LogP contribution >= 0.6 is 0 Å². The van der Waals surface area contributed by atoms with Crippen molar-refractivity contribution < 1.29 is 4.79 Å². The molecule has 0 spiro atoms. The van der Waals surface area contributed by atoms with Crippen LogP contribution in [0.2, 0.25) is 0 Å². The van der Waals surface area contributed by atoms with Gasteiger partial charge in [-0.2, -0.15) is 0 Å². The average Bonchev–Trinajstić information content (AvgIpc) is 2.74. The quantitative estimate of drug-likeness (QED) is 0.633. The van der Waals surface area contributed by atoms with E-state index in [1.165, 1.54) is 12.0 Å². The average molecular weight is 403 g/mol. The lowest BCUT2D eigenvalue weighted by Gasteiger charge is -2.34. The van der Waals surface area contributed by atoms with Crippen LogP contribution in [0.25, 0.3) is 10.9 Å². The van der Waals surface area contributed by atoms with E-state index in [-0.39, 0.29) is 17.5 Å². The molecule has 1 heterocycles. The molecule has 1 N–H and O–H groups in total. The van der Waals surface area contributed by atoms with Crippen LogP contribution in [0.1, 0.15) is 64.7 Å². The summed E-state index contributed by atoms with van der Waals surface area (Å²) in [5.74, 6) is 0.0153. The normalized spacial score (nSPS) is 14.8. The molecule has 4 nitrogen and oxygen atoms in total. The first-order valence-corrected chi connectivity index (χ1v) is 10.9. The molecule has 1 amide bonds. The maximum Gasteiger partial charge on any atom is 0.254 e. The molecule has 2 aromatic carbocycles. The summed E-state index contributed by atoms with van der Waals surface area (Å²) < 4.78 is 0. The number of hydrogen-bond donors (Lipinski definition) is 1. The van der Waals surface area contributed by atoms with Crippen molar-refractivity contribution in [2.45, 2.75) is 65.5 Å². The zero-order valence-corrected chi connectivity index (χ0v) is 18.1. The summed E-state index contributed by atoms with van der Waals surface area (Å²) in [5, 5.41) is 1.01. The minimum absolute atomic E-state index is 0.0153. The molecule has 0 bridgehead atoms. The second kappa shape index (κ2) is 8.47. The molecule has 1 fully saturated rings. The zero-order chi connectivity index (χ0) is 21.3. The van der Waals surface area contributed by atoms with Crippen molar-refractivity contribution in [2.24, 2.45) is 0 Å². The van der Waals surface area contributed by atoms with Crippen LogP contribution in [0.5, 0.6) is 0 Å². The lowest BCUT2D eigenvalue weighted by molar-refractivity contribution is 0.0613. The topological polar surface area (TPSA) is 53.2 Å². The van der Waals surface area contributed by atoms with Crippen molar-refractivity contribution in [3.63, 3.8) is 0 Å². The highest BCUT2D eigenvalue weighted by atomic mass is 16.2. The van der Waals surface area contributed by atoms with Crippen LogP contribution in [0.15, 0.2) is 47.3 Å². The Balaban J connectivity index is 1.71. The number of rotatable bonds is 4. The monoisotopic (exact) mass is 402 g/mol. The van der Waals surface area contributed by atoms with Crippen molar-refractivity contribution >= 4 is 16.8 Å². The number of aryl methyl sites for hydroxylation is 3. The third kappa shape index (κ3) is 4.18. The first kappa shape index (κ1) is 20.4. The molecule has 4 rings (SSSR count). The molecule has 156 valence electrons. The molecular weight excluding hydrogens is 372 g/mol. The van der Waals surface area contributed by atoms with Gasteiger partial charge in [-0.25, -0.2) is 0 Å². The highest BCUT2D eigenvalue weighted by Crippen LogP contribution is 2.26. The number of benzene rings is 2. The number of aromatic nitrogens is 1. The first-order valence-electron chi connectivity index (χ1n) is 10.9. The Morgan fingerprint density at radius 3 is 2.33 bits per heavy atom. The van der Waals surface area contributed by atoms with Crippen LogP contribution < -0.4 is 5.56 Å². The summed E-state index contributed by atoms with van der Waals surface area (Å²) in [6.07, 6.45) is 5.49. The van der Waals surface area contributed by atoms with Gasteiger partial charge in [0.15, 0.2) is 0 Å². The number of amides is 1. The van der Waals surface area contributed by atoms with Crippen molar-refractivity contribution in [3.8, 4) is 0 Å². The van der Waals surface area contributed by atoms with E-state index in [9.17, 15) is 9.59 Å². The maximum atomic E-state index is 13.4. The predicted molar refractivity (Wildman–Crippen MR) is 122 cm³/mol. The molecule has 3 aromatic rings. The zero-order valence-electron chi connectivity index (χ0n) is 18.1. The van der Waals surface area contributed by atoms with Crippen LogP contribution in [0.3, 0.4) is 0 Å². The van der Waals surface area contributed by atoms with E-state index < -0.39 is 0 Å². The van der Waals surface area contributed by atoms with Gasteiger partial charge in [0, 0.05) is 22.7 Å². The summed E-state index contributed by atoms with van der Waals surface area (Å²) in [6.45, 7) is 6.49. The Labute approximate surface area is 177 Å². The van der Waals surface area contributed by atoms with Gasteiger partial charge in [0.05, 0.1) is 6.54 Å². The fourth-order valence-electron chi connectivity index (χ4n) is 4.44. The molecule has 1 saturated carbocycles. The van der Waals surface area contributed by atoms with Crippen LogP contribution in [-0.2, 0) is 6.54 Å². The number of aromatic amines is 1. The molecule has 0 saturated heterocycles. The largest absolute Gasteiger partial charge is 0.331 e. The second-order valence-electron chi connectivity index (χ2n) is 8.74. The second-order valence-corrected chi connectivity index (χ2v) is 8.74. The van der Waals surface area contributed by atoms with Gasteiger partial charge in [-0.1, -0.05) is 37.0 Å². The van der Waals surface area contributed by atoms with Crippen LogP contribution in [-0.4, -0.2) is 21.8 Å². The standard InChI is InChI=1S/C26H30N2O2/c1-17-9-11-20(12-10-17)26(30)28(23-7-5-4-6-8-23)16-22-15-21-13-18(2)19(3)14-24(21)27-25(22)29/h9-15,23H,4-8,16H2,1-3H3,(H,27,29). The highest BCUT2D eigenvalue weighted by molar-refractivity contribution is 5.94. The smallest absolute Gasteiger partial charge is 0.254 e. The third-order valence-electron chi connectivity index (χ3n) is 6.45. The Hall–Kier alpha value is -2.88. The number of nitrogens with one attached hydrogen (secondary N) is 1.